The van der Waals surface area contributed by atoms with E-state index in [0.717, 1.165) is 37.7 Å². The van der Waals surface area contributed by atoms with Gasteiger partial charge in [0, 0.05) is 24.1 Å². The van der Waals surface area contributed by atoms with Crippen LogP contribution in [0.15, 0.2) is 24.3 Å². The van der Waals surface area contributed by atoms with E-state index in [1.807, 2.05) is 32.0 Å². The molecule has 1 aliphatic rings. The van der Waals surface area contributed by atoms with Gasteiger partial charge in [0.25, 0.3) is 5.91 Å². The summed E-state index contributed by atoms with van der Waals surface area (Å²) < 4.78 is 0. The summed E-state index contributed by atoms with van der Waals surface area (Å²) in [7, 11) is 0. The average molecular weight is 302 g/mol. The van der Waals surface area contributed by atoms with Gasteiger partial charge in [0.15, 0.2) is 0 Å². The van der Waals surface area contributed by atoms with E-state index in [4.69, 9.17) is 0 Å². The lowest BCUT2D eigenvalue weighted by molar-refractivity contribution is -0.124. The first kappa shape index (κ1) is 16.5. The van der Waals surface area contributed by atoms with Gasteiger partial charge in [0.05, 0.1) is 0 Å². The van der Waals surface area contributed by atoms with Crippen LogP contribution in [0.1, 0.15) is 61.9 Å². The minimum absolute atomic E-state index is 0.0571. The van der Waals surface area contributed by atoms with Gasteiger partial charge in [0.1, 0.15) is 0 Å². The zero-order valence-corrected chi connectivity index (χ0v) is 13.5. The maximum atomic E-state index is 12.1. The largest absolute Gasteiger partial charge is 0.352 e. The molecule has 2 rings (SSSR count). The molecule has 0 saturated heterocycles. The van der Waals surface area contributed by atoms with Crippen molar-refractivity contribution < 1.29 is 9.59 Å². The Bertz CT molecular complexity index is 522. The summed E-state index contributed by atoms with van der Waals surface area (Å²) in [5.74, 6) is 0.266. The quantitative estimate of drug-likeness (QED) is 0.848. The predicted molar refractivity (Wildman–Crippen MR) is 87.5 cm³/mol. The Balaban J connectivity index is 1.90. The highest BCUT2D eigenvalue weighted by Gasteiger charge is 2.22. The summed E-state index contributed by atoms with van der Waals surface area (Å²) in [6.07, 6.45) is 5.22. The highest BCUT2D eigenvalue weighted by molar-refractivity contribution is 5.94. The van der Waals surface area contributed by atoms with Gasteiger partial charge in [-0.15, -0.1) is 0 Å². The van der Waals surface area contributed by atoms with E-state index in [1.165, 1.54) is 0 Å². The molecule has 2 amide bonds. The van der Waals surface area contributed by atoms with Crippen LogP contribution in [0, 0.1) is 5.92 Å². The zero-order chi connectivity index (χ0) is 15.9. The van der Waals surface area contributed by atoms with Crippen LogP contribution < -0.4 is 10.6 Å². The van der Waals surface area contributed by atoms with Crippen LogP contribution in [-0.2, 0) is 11.3 Å². The van der Waals surface area contributed by atoms with Crippen molar-refractivity contribution >= 4 is 11.8 Å². The van der Waals surface area contributed by atoms with Gasteiger partial charge in [-0.1, -0.05) is 31.9 Å². The van der Waals surface area contributed by atoms with Gasteiger partial charge in [-0.05, 0) is 43.9 Å². The second kappa shape index (κ2) is 7.97. The number of hydrogen-bond donors (Lipinski definition) is 2. The number of nitrogens with one attached hydrogen (secondary N) is 2. The average Bonchev–Trinajstić information content (AvgIpc) is 3.07. The molecule has 0 aliphatic heterocycles. The molecule has 2 N–H and O–H groups in total. The van der Waals surface area contributed by atoms with Crippen molar-refractivity contribution in [2.24, 2.45) is 5.92 Å². The zero-order valence-electron chi connectivity index (χ0n) is 13.5. The first-order valence-corrected chi connectivity index (χ1v) is 8.27. The molecule has 4 nitrogen and oxygen atoms in total. The Morgan fingerprint density at radius 1 is 1.27 bits per heavy atom. The molecule has 120 valence electrons. The van der Waals surface area contributed by atoms with Crippen LogP contribution in [0.3, 0.4) is 0 Å². The van der Waals surface area contributed by atoms with Crippen LogP contribution in [0.4, 0.5) is 0 Å². The van der Waals surface area contributed by atoms with Gasteiger partial charge in [0.2, 0.25) is 5.91 Å². The van der Waals surface area contributed by atoms with Crippen molar-refractivity contribution in [1.29, 1.82) is 0 Å². The number of amides is 2. The van der Waals surface area contributed by atoms with Crippen LogP contribution in [0.2, 0.25) is 0 Å². The molecule has 0 aromatic heterocycles. The van der Waals surface area contributed by atoms with Gasteiger partial charge in [-0.3, -0.25) is 9.59 Å². The fourth-order valence-electron chi connectivity index (χ4n) is 2.75. The standard InChI is InChI=1S/C18H26N2O2/c1-3-13(2)20-18(22)16-10-6-7-14(11-16)12-19-17(21)15-8-4-5-9-15/h6-7,10-11,13,15H,3-5,8-9,12H2,1-2H3,(H,19,21)(H,20,22)/t13-/m0/s1. The smallest absolute Gasteiger partial charge is 0.251 e. The first-order valence-electron chi connectivity index (χ1n) is 8.27. The van der Waals surface area contributed by atoms with Crippen molar-refractivity contribution in [2.75, 3.05) is 0 Å². The van der Waals surface area contributed by atoms with E-state index >= 15 is 0 Å². The topological polar surface area (TPSA) is 58.2 Å². The molecule has 0 heterocycles. The first-order chi connectivity index (χ1) is 10.6. The Morgan fingerprint density at radius 2 is 2.00 bits per heavy atom. The molecule has 1 aromatic carbocycles. The summed E-state index contributed by atoms with van der Waals surface area (Å²) in [6, 6.07) is 7.63. The van der Waals surface area contributed by atoms with Crippen molar-refractivity contribution in [2.45, 2.75) is 58.5 Å². The highest BCUT2D eigenvalue weighted by atomic mass is 16.2. The molecule has 1 fully saturated rings. The molecule has 4 heteroatoms. The number of carbonyl (C=O) groups excluding carboxylic acids is 2. The fourth-order valence-corrected chi connectivity index (χ4v) is 2.75. The Morgan fingerprint density at radius 3 is 2.68 bits per heavy atom. The molecule has 1 aromatic rings. The summed E-state index contributed by atoms with van der Waals surface area (Å²) in [5, 5.41) is 5.94. The third-order valence-electron chi connectivity index (χ3n) is 4.37. The molecule has 1 saturated carbocycles. The predicted octanol–water partition coefficient (Wildman–Crippen LogP) is 3.02. The number of benzene rings is 1. The Hall–Kier alpha value is -1.84. The van der Waals surface area contributed by atoms with Gasteiger partial charge >= 0.3 is 0 Å². The van der Waals surface area contributed by atoms with Gasteiger partial charge in [-0.25, -0.2) is 0 Å². The maximum Gasteiger partial charge on any atom is 0.251 e. The monoisotopic (exact) mass is 302 g/mol. The van der Waals surface area contributed by atoms with E-state index in [0.29, 0.717) is 12.1 Å². The number of hydrogen-bond acceptors (Lipinski definition) is 2. The molecule has 0 radical (unpaired) electrons. The maximum absolute atomic E-state index is 12.1. The molecule has 0 unspecified atom stereocenters. The lowest BCUT2D eigenvalue weighted by atomic mass is 10.1. The summed E-state index contributed by atoms with van der Waals surface area (Å²) in [5.41, 5.74) is 1.61. The number of rotatable bonds is 6. The lowest BCUT2D eigenvalue weighted by Gasteiger charge is -2.13. The second-order valence-corrected chi connectivity index (χ2v) is 6.18. The molecule has 0 bridgehead atoms. The molecule has 1 atom stereocenters. The molecule has 0 spiro atoms. The van der Waals surface area contributed by atoms with E-state index in [2.05, 4.69) is 10.6 Å². The van der Waals surface area contributed by atoms with E-state index in [1.54, 1.807) is 6.07 Å². The van der Waals surface area contributed by atoms with Gasteiger partial charge in [-0.2, -0.15) is 0 Å². The van der Waals surface area contributed by atoms with E-state index < -0.39 is 0 Å². The summed E-state index contributed by atoms with van der Waals surface area (Å²) >= 11 is 0. The van der Waals surface area contributed by atoms with Crippen LogP contribution >= 0.6 is 0 Å². The summed E-state index contributed by atoms with van der Waals surface area (Å²) in [6.45, 7) is 4.52. The molecule has 1 aliphatic carbocycles. The fraction of sp³-hybridized carbons (Fsp3) is 0.556. The van der Waals surface area contributed by atoms with Crippen molar-refractivity contribution in [1.82, 2.24) is 10.6 Å². The normalized spacial score (nSPS) is 16.3. The van der Waals surface area contributed by atoms with Crippen LogP contribution in [0.25, 0.3) is 0 Å². The third-order valence-corrected chi connectivity index (χ3v) is 4.37. The highest BCUT2D eigenvalue weighted by Crippen LogP contribution is 2.24. The van der Waals surface area contributed by atoms with Crippen molar-refractivity contribution in [3.05, 3.63) is 35.4 Å². The van der Waals surface area contributed by atoms with Crippen molar-refractivity contribution in [3.63, 3.8) is 0 Å². The lowest BCUT2D eigenvalue weighted by Crippen LogP contribution is -2.32. The summed E-state index contributed by atoms with van der Waals surface area (Å²) in [4.78, 5) is 24.1. The van der Waals surface area contributed by atoms with Crippen LogP contribution in [0.5, 0.6) is 0 Å². The minimum atomic E-state index is -0.0571. The Kier molecular flexibility index (Phi) is 5.99. The molecular formula is C18H26N2O2. The minimum Gasteiger partial charge on any atom is -0.352 e. The molecule has 22 heavy (non-hydrogen) atoms. The SMILES string of the molecule is CC[C@H](C)NC(=O)c1cccc(CNC(=O)C2CCCC2)c1. The van der Waals surface area contributed by atoms with Crippen LogP contribution in [-0.4, -0.2) is 17.9 Å². The van der Waals surface area contributed by atoms with E-state index in [9.17, 15) is 9.59 Å². The van der Waals surface area contributed by atoms with Crippen molar-refractivity contribution in [3.8, 4) is 0 Å². The second-order valence-electron chi connectivity index (χ2n) is 6.18. The van der Waals surface area contributed by atoms with E-state index in [-0.39, 0.29) is 23.8 Å². The third kappa shape index (κ3) is 4.58. The molecular weight excluding hydrogens is 276 g/mol. The van der Waals surface area contributed by atoms with Gasteiger partial charge < -0.3 is 10.6 Å². The number of carbonyl (C=O) groups is 2. The Labute approximate surface area is 132 Å².